The van der Waals surface area contributed by atoms with Crippen molar-refractivity contribution in [3.8, 4) is 0 Å². The molecule has 1 aromatic heterocycles. The van der Waals surface area contributed by atoms with Gasteiger partial charge >= 0.3 is 0 Å². The quantitative estimate of drug-likeness (QED) is 0.786. The molecule has 0 radical (unpaired) electrons. The van der Waals surface area contributed by atoms with E-state index in [1.807, 2.05) is 24.3 Å². The minimum absolute atomic E-state index is 0.194. The molecule has 1 aromatic carbocycles. The summed E-state index contributed by atoms with van der Waals surface area (Å²) in [6.07, 6.45) is 5.49. The van der Waals surface area contributed by atoms with Crippen LogP contribution < -0.4 is 15.5 Å². The van der Waals surface area contributed by atoms with Crippen molar-refractivity contribution < 1.29 is 9.59 Å². The molecule has 2 aromatic rings. The molecule has 26 heavy (non-hydrogen) atoms. The molecule has 0 bridgehead atoms. The van der Waals surface area contributed by atoms with Crippen LogP contribution in [-0.4, -0.2) is 36.4 Å². The van der Waals surface area contributed by atoms with Crippen molar-refractivity contribution in [2.45, 2.75) is 12.8 Å². The number of hydrogen-bond donors (Lipinski definition) is 2. The summed E-state index contributed by atoms with van der Waals surface area (Å²) < 4.78 is 0. The van der Waals surface area contributed by atoms with Gasteiger partial charge in [0.15, 0.2) is 0 Å². The van der Waals surface area contributed by atoms with Crippen molar-refractivity contribution in [3.05, 3.63) is 66.5 Å². The maximum absolute atomic E-state index is 12.4. The molecular formula is C20H22N4O2. The van der Waals surface area contributed by atoms with Crippen LogP contribution in [0.15, 0.2) is 55.3 Å². The average Bonchev–Trinajstić information content (AvgIpc) is 3.21. The van der Waals surface area contributed by atoms with Crippen molar-refractivity contribution in [1.82, 2.24) is 10.3 Å². The first-order chi connectivity index (χ1) is 12.7. The Balaban J connectivity index is 1.65. The summed E-state index contributed by atoms with van der Waals surface area (Å²) in [4.78, 5) is 30.8. The van der Waals surface area contributed by atoms with Crippen LogP contribution in [0.4, 0.5) is 11.4 Å². The number of benzene rings is 1. The first-order valence-electron chi connectivity index (χ1n) is 8.69. The third kappa shape index (κ3) is 4.27. The van der Waals surface area contributed by atoms with Gasteiger partial charge in [-0.1, -0.05) is 6.08 Å². The third-order valence-electron chi connectivity index (χ3n) is 4.26. The van der Waals surface area contributed by atoms with Gasteiger partial charge < -0.3 is 15.5 Å². The summed E-state index contributed by atoms with van der Waals surface area (Å²) in [5.41, 5.74) is 2.44. The molecule has 0 aliphatic carbocycles. The molecule has 0 atom stereocenters. The average molecular weight is 350 g/mol. The summed E-state index contributed by atoms with van der Waals surface area (Å²) in [6, 6.07) is 10.8. The molecular weight excluding hydrogens is 328 g/mol. The summed E-state index contributed by atoms with van der Waals surface area (Å²) in [5, 5.41) is 5.49. The maximum Gasteiger partial charge on any atom is 0.274 e. The van der Waals surface area contributed by atoms with Gasteiger partial charge in [-0.05, 0) is 49.2 Å². The molecule has 1 saturated heterocycles. The number of pyridine rings is 1. The monoisotopic (exact) mass is 350 g/mol. The lowest BCUT2D eigenvalue weighted by molar-refractivity contribution is 0.0958. The number of carbonyl (C=O) groups is 2. The van der Waals surface area contributed by atoms with E-state index in [-0.39, 0.29) is 17.5 Å². The lowest BCUT2D eigenvalue weighted by atomic mass is 10.2. The van der Waals surface area contributed by atoms with Crippen LogP contribution in [-0.2, 0) is 0 Å². The standard InChI is InChI=1S/C20H22N4O2/c1-2-10-22-19(25)15-9-11-21-18(14-15)20(26)23-16-5-7-17(8-6-16)24-12-3-4-13-24/h2,5-9,11,14H,1,3-4,10,12-13H2,(H,22,25)(H,23,26). The Hall–Kier alpha value is -3.15. The molecule has 0 unspecified atom stereocenters. The Morgan fingerprint density at radius 1 is 1.12 bits per heavy atom. The van der Waals surface area contributed by atoms with Crippen LogP contribution >= 0.6 is 0 Å². The number of amides is 2. The number of hydrogen-bond acceptors (Lipinski definition) is 4. The number of aromatic nitrogens is 1. The van der Waals surface area contributed by atoms with Gasteiger partial charge in [-0.3, -0.25) is 14.6 Å². The fourth-order valence-electron chi connectivity index (χ4n) is 2.89. The Morgan fingerprint density at radius 2 is 1.85 bits per heavy atom. The van der Waals surface area contributed by atoms with Gasteiger partial charge in [0.2, 0.25) is 0 Å². The Labute approximate surface area is 152 Å². The fraction of sp³-hybridized carbons (Fsp3) is 0.250. The summed E-state index contributed by atoms with van der Waals surface area (Å²) in [6.45, 7) is 6.08. The van der Waals surface area contributed by atoms with E-state index in [0.717, 1.165) is 13.1 Å². The zero-order chi connectivity index (χ0) is 18.4. The Bertz CT molecular complexity index is 796. The Morgan fingerprint density at radius 3 is 2.54 bits per heavy atom. The van der Waals surface area contributed by atoms with Crippen LogP contribution in [0.5, 0.6) is 0 Å². The van der Waals surface area contributed by atoms with Gasteiger partial charge in [0.25, 0.3) is 11.8 Å². The second kappa shape index (κ2) is 8.29. The van der Waals surface area contributed by atoms with Crippen LogP contribution in [0.2, 0.25) is 0 Å². The highest BCUT2D eigenvalue weighted by Crippen LogP contribution is 2.22. The molecule has 6 heteroatoms. The highest BCUT2D eigenvalue weighted by atomic mass is 16.2. The van der Waals surface area contributed by atoms with E-state index in [1.165, 1.54) is 30.8 Å². The molecule has 6 nitrogen and oxygen atoms in total. The second-order valence-electron chi connectivity index (χ2n) is 6.12. The molecule has 1 aliphatic heterocycles. The topological polar surface area (TPSA) is 74.3 Å². The lowest BCUT2D eigenvalue weighted by Crippen LogP contribution is -2.24. The predicted octanol–water partition coefficient (Wildman–Crippen LogP) is 2.85. The highest BCUT2D eigenvalue weighted by molar-refractivity contribution is 6.04. The molecule has 0 spiro atoms. The van der Waals surface area contributed by atoms with Gasteiger partial charge in [-0.25, -0.2) is 0 Å². The van der Waals surface area contributed by atoms with E-state index < -0.39 is 0 Å². The van der Waals surface area contributed by atoms with Crippen molar-refractivity contribution >= 4 is 23.2 Å². The normalized spacial score (nSPS) is 13.3. The van der Waals surface area contributed by atoms with Crippen molar-refractivity contribution in [3.63, 3.8) is 0 Å². The molecule has 2 heterocycles. The zero-order valence-corrected chi connectivity index (χ0v) is 14.6. The third-order valence-corrected chi connectivity index (χ3v) is 4.26. The molecule has 2 amide bonds. The number of carbonyl (C=O) groups excluding carboxylic acids is 2. The van der Waals surface area contributed by atoms with Crippen molar-refractivity contribution in [2.24, 2.45) is 0 Å². The molecule has 134 valence electrons. The molecule has 1 aliphatic rings. The zero-order valence-electron chi connectivity index (χ0n) is 14.6. The first kappa shape index (κ1) is 17.7. The van der Waals surface area contributed by atoms with Crippen LogP contribution in [0.1, 0.15) is 33.7 Å². The van der Waals surface area contributed by atoms with Crippen molar-refractivity contribution in [2.75, 3.05) is 29.9 Å². The number of rotatable bonds is 6. The summed E-state index contributed by atoms with van der Waals surface area (Å²) in [7, 11) is 0. The lowest BCUT2D eigenvalue weighted by Gasteiger charge is -2.17. The van der Waals surface area contributed by atoms with E-state index in [9.17, 15) is 9.59 Å². The minimum atomic E-state index is -0.350. The molecule has 0 saturated carbocycles. The SMILES string of the molecule is C=CCNC(=O)c1ccnc(C(=O)Nc2ccc(N3CCCC3)cc2)c1. The van der Waals surface area contributed by atoms with E-state index in [2.05, 4.69) is 27.1 Å². The van der Waals surface area contributed by atoms with Crippen molar-refractivity contribution in [1.29, 1.82) is 0 Å². The smallest absolute Gasteiger partial charge is 0.274 e. The first-order valence-corrected chi connectivity index (χ1v) is 8.69. The van der Waals surface area contributed by atoms with E-state index in [0.29, 0.717) is 17.8 Å². The van der Waals surface area contributed by atoms with Gasteiger partial charge in [0.05, 0.1) is 0 Å². The minimum Gasteiger partial charge on any atom is -0.372 e. The fourth-order valence-corrected chi connectivity index (χ4v) is 2.89. The van der Waals surface area contributed by atoms with Gasteiger partial charge in [0, 0.05) is 42.8 Å². The van der Waals surface area contributed by atoms with Gasteiger partial charge in [-0.15, -0.1) is 6.58 Å². The maximum atomic E-state index is 12.4. The van der Waals surface area contributed by atoms with Crippen LogP contribution in [0.25, 0.3) is 0 Å². The largest absolute Gasteiger partial charge is 0.372 e. The number of nitrogens with zero attached hydrogens (tertiary/aromatic N) is 2. The number of nitrogens with one attached hydrogen (secondary N) is 2. The van der Waals surface area contributed by atoms with E-state index in [1.54, 1.807) is 12.1 Å². The van der Waals surface area contributed by atoms with E-state index >= 15 is 0 Å². The van der Waals surface area contributed by atoms with Crippen LogP contribution in [0.3, 0.4) is 0 Å². The highest BCUT2D eigenvalue weighted by Gasteiger charge is 2.14. The number of anilines is 2. The van der Waals surface area contributed by atoms with E-state index in [4.69, 9.17) is 0 Å². The predicted molar refractivity (Wildman–Crippen MR) is 103 cm³/mol. The molecule has 2 N–H and O–H groups in total. The van der Waals surface area contributed by atoms with Gasteiger partial charge in [-0.2, -0.15) is 0 Å². The summed E-state index contributed by atoms with van der Waals surface area (Å²) in [5.74, 6) is -0.617. The second-order valence-corrected chi connectivity index (χ2v) is 6.12. The van der Waals surface area contributed by atoms with Crippen LogP contribution in [0, 0.1) is 0 Å². The molecule has 1 fully saturated rings. The summed E-state index contributed by atoms with van der Waals surface area (Å²) >= 11 is 0. The Kier molecular flexibility index (Phi) is 5.63. The molecule has 3 rings (SSSR count). The van der Waals surface area contributed by atoms with Gasteiger partial charge in [0.1, 0.15) is 5.69 Å².